The van der Waals surface area contributed by atoms with Crippen LogP contribution in [0.25, 0.3) is 5.69 Å². The maximum absolute atomic E-state index is 10.9. The van der Waals surface area contributed by atoms with Gasteiger partial charge in [-0.25, -0.2) is 9.78 Å². The molecule has 1 aromatic heterocycles. The van der Waals surface area contributed by atoms with E-state index in [4.69, 9.17) is 5.11 Å². The van der Waals surface area contributed by atoms with Gasteiger partial charge in [0.05, 0.1) is 23.6 Å². The molecule has 0 bridgehead atoms. The molecule has 5 nitrogen and oxygen atoms in total. The third-order valence-electron chi connectivity index (χ3n) is 2.68. The van der Waals surface area contributed by atoms with Gasteiger partial charge < -0.3 is 10.4 Å². The van der Waals surface area contributed by atoms with Crippen molar-refractivity contribution >= 4 is 11.7 Å². The molecule has 0 aliphatic carbocycles. The van der Waals surface area contributed by atoms with Crippen LogP contribution in [0.2, 0.25) is 0 Å². The molecule has 0 unspecified atom stereocenters. The van der Waals surface area contributed by atoms with Gasteiger partial charge in [0.2, 0.25) is 0 Å². The van der Waals surface area contributed by atoms with Crippen LogP contribution in [-0.4, -0.2) is 20.6 Å². The lowest BCUT2D eigenvalue weighted by molar-refractivity contribution is 0.0690. The zero-order valence-corrected chi connectivity index (χ0v) is 8.34. The normalized spacial score (nSPS) is 12.5. The largest absolute Gasteiger partial charge is 0.476 e. The number of fused-ring (bicyclic) bond motifs is 3. The number of anilines is 1. The summed E-state index contributed by atoms with van der Waals surface area (Å²) in [5, 5.41) is 12.2. The van der Waals surface area contributed by atoms with Gasteiger partial charge in [0.25, 0.3) is 0 Å². The maximum Gasteiger partial charge on any atom is 0.356 e. The summed E-state index contributed by atoms with van der Waals surface area (Å²) in [5.74, 6) is -0.991. The number of aromatic nitrogens is 2. The third-order valence-corrected chi connectivity index (χ3v) is 2.68. The fourth-order valence-electron chi connectivity index (χ4n) is 1.94. The highest BCUT2D eigenvalue weighted by molar-refractivity contribution is 5.87. The number of benzene rings is 1. The molecule has 1 aliphatic heterocycles. The quantitative estimate of drug-likeness (QED) is 0.756. The topological polar surface area (TPSA) is 67.1 Å². The zero-order valence-electron chi connectivity index (χ0n) is 8.34. The standard InChI is InChI=1S/C11H9N3O2/c15-11(16)10-9-5-12-7-3-1-2-4-8(7)14(9)6-13-10/h1-4,6,12H,5H2,(H,15,16). The van der Waals surface area contributed by atoms with Crippen LogP contribution in [0.3, 0.4) is 0 Å². The van der Waals surface area contributed by atoms with E-state index in [9.17, 15) is 4.79 Å². The molecule has 0 saturated heterocycles. The van der Waals surface area contributed by atoms with E-state index in [0.29, 0.717) is 12.2 Å². The maximum atomic E-state index is 10.9. The third kappa shape index (κ3) is 1.11. The van der Waals surface area contributed by atoms with Crippen LogP contribution in [0.4, 0.5) is 5.69 Å². The first-order chi connectivity index (χ1) is 7.77. The highest BCUT2D eigenvalue weighted by Crippen LogP contribution is 2.27. The number of carbonyl (C=O) groups is 1. The van der Waals surface area contributed by atoms with E-state index in [1.807, 2.05) is 28.8 Å². The molecule has 2 aromatic rings. The molecule has 80 valence electrons. The van der Waals surface area contributed by atoms with Gasteiger partial charge >= 0.3 is 5.97 Å². The van der Waals surface area contributed by atoms with Crippen molar-refractivity contribution in [3.8, 4) is 5.69 Å². The average Bonchev–Trinajstić information content (AvgIpc) is 2.73. The summed E-state index contributed by atoms with van der Waals surface area (Å²) >= 11 is 0. The predicted octanol–water partition coefficient (Wildman–Crippen LogP) is 1.50. The lowest BCUT2D eigenvalue weighted by Gasteiger charge is -2.20. The molecule has 0 radical (unpaired) electrons. The average molecular weight is 215 g/mol. The fourth-order valence-corrected chi connectivity index (χ4v) is 1.94. The Morgan fingerprint density at radius 3 is 3.06 bits per heavy atom. The van der Waals surface area contributed by atoms with Crippen LogP contribution >= 0.6 is 0 Å². The van der Waals surface area contributed by atoms with E-state index in [2.05, 4.69) is 10.3 Å². The van der Waals surface area contributed by atoms with Gasteiger partial charge in [-0.1, -0.05) is 12.1 Å². The van der Waals surface area contributed by atoms with Crippen molar-refractivity contribution in [2.75, 3.05) is 5.32 Å². The molecular weight excluding hydrogens is 206 g/mol. The molecule has 0 fully saturated rings. The zero-order chi connectivity index (χ0) is 11.1. The van der Waals surface area contributed by atoms with Crippen molar-refractivity contribution < 1.29 is 9.90 Å². The number of carboxylic acids is 1. The first-order valence-corrected chi connectivity index (χ1v) is 4.90. The van der Waals surface area contributed by atoms with E-state index in [0.717, 1.165) is 11.4 Å². The number of rotatable bonds is 1. The molecule has 16 heavy (non-hydrogen) atoms. The summed E-state index contributed by atoms with van der Waals surface area (Å²) in [6, 6.07) is 7.74. The second kappa shape index (κ2) is 3.10. The van der Waals surface area contributed by atoms with E-state index >= 15 is 0 Å². The summed E-state index contributed by atoms with van der Waals surface area (Å²) in [5.41, 5.74) is 2.72. The summed E-state index contributed by atoms with van der Waals surface area (Å²) in [6.45, 7) is 0.485. The molecule has 2 N–H and O–H groups in total. The van der Waals surface area contributed by atoms with Gasteiger partial charge in [0, 0.05) is 0 Å². The predicted molar refractivity (Wildman–Crippen MR) is 57.9 cm³/mol. The molecular formula is C11H9N3O2. The molecule has 0 atom stereocenters. The number of hydrogen-bond acceptors (Lipinski definition) is 3. The Hall–Kier alpha value is -2.30. The Bertz CT molecular complexity index is 574. The Morgan fingerprint density at radius 1 is 1.44 bits per heavy atom. The highest BCUT2D eigenvalue weighted by atomic mass is 16.4. The second-order valence-corrected chi connectivity index (χ2v) is 3.59. The van der Waals surface area contributed by atoms with Gasteiger partial charge in [0.15, 0.2) is 5.69 Å². The first kappa shape index (κ1) is 8.96. The number of hydrogen-bond donors (Lipinski definition) is 2. The SMILES string of the molecule is O=C(O)c1ncn2c1CNc1ccccc1-2. The lowest BCUT2D eigenvalue weighted by atomic mass is 10.2. The Kier molecular flexibility index (Phi) is 1.73. The van der Waals surface area contributed by atoms with Crippen molar-refractivity contribution in [2.24, 2.45) is 0 Å². The number of imidazole rings is 1. The molecule has 0 spiro atoms. The monoisotopic (exact) mass is 215 g/mol. The van der Waals surface area contributed by atoms with Crippen LogP contribution in [0.5, 0.6) is 0 Å². The van der Waals surface area contributed by atoms with Gasteiger partial charge in [-0.15, -0.1) is 0 Å². The van der Waals surface area contributed by atoms with Gasteiger partial charge in [-0.05, 0) is 12.1 Å². The molecule has 0 saturated carbocycles. The summed E-state index contributed by atoms with van der Waals surface area (Å²) in [6.07, 6.45) is 1.55. The van der Waals surface area contributed by atoms with E-state index in [1.54, 1.807) is 6.33 Å². The molecule has 5 heteroatoms. The molecule has 1 aliphatic rings. The number of aromatic carboxylic acids is 1. The number of nitrogens with one attached hydrogen (secondary N) is 1. The fraction of sp³-hybridized carbons (Fsp3) is 0.0909. The minimum absolute atomic E-state index is 0.113. The molecule has 0 amide bonds. The van der Waals surface area contributed by atoms with Crippen molar-refractivity contribution in [3.63, 3.8) is 0 Å². The molecule has 2 heterocycles. The number of para-hydroxylation sites is 2. The van der Waals surface area contributed by atoms with Crippen molar-refractivity contribution in [3.05, 3.63) is 42.0 Å². The van der Waals surface area contributed by atoms with Crippen LogP contribution in [0.1, 0.15) is 16.2 Å². The highest BCUT2D eigenvalue weighted by Gasteiger charge is 2.22. The van der Waals surface area contributed by atoms with Crippen molar-refractivity contribution in [1.82, 2.24) is 9.55 Å². The van der Waals surface area contributed by atoms with Crippen LogP contribution < -0.4 is 5.32 Å². The smallest absolute Gasteiger partial charge is 0.356 e. The van der Waals surface area contributed by atoms with Gasteiger partial charge in [0.1, 0.15) is 6.33 Å². The van der Waals surface area contributed by atoms with Crippen LogP contribution in [0, 0.1) is 0 Å². The van der Waals surface area contributed by atoms with Crippen molar-refractivity contribution in [2.45, 2.75) is 6.54 Å². The molecule has 3 rings (SSSR count). The minimum atomic E-state index is -0.991. The van der Waals surface area contributed by atoms with Crippen LogP contribution in [0.15, 0.2) is 30.6 Å². The Balaban J connectivity index is 2.23. The Labute approximate surface area is 91.4 Å². The van der Waals surface area contributed by atoms with Gasteiger partial charge in [-0.2, -0.15) is 0 Å². The lowest BCUT2D eigenvalue weighted by Crippen LogP contribution is -2.16. The molecule has 1 aromatic carbocycles. The summed E-state index contributed by atoms with van der Waals surface area (Å²) in [4.78, 5) is 14.9. The van der Waals surface area contributed by atoms with E-state index < -0.39 is 5.97 Å². The van der Waals surface area contributed by atoms with Crippen LogP contribution in [-0.2, 0) is 6.54 Å². The number of nitrogens with zero attached hydrogens (tertiary/aromatic N) is 2. The Morgan fingerprint density at radius 2 is 2.25 bits per heavy atom. The first-order valence-electron chi connectivity index (χ1n) is 4.90. The summed E-state index contributed by atoms with van der Waals surface area (Å²) in [7, 11) is 0. The van der Waals surface area contributed by atoms with Gasteiger partial charge in [-0.3, -0.25) is 4.57 Å². The van der Waals surface area contributed by atoms with E-state index in [1.165, 1.54) is 0 Å². The van der Waals surface area contributed by atoms with E-state index in [-0.39, 0.29) is 5.69 Å². The van der Waals surface area contributed by atoms with Crippen molar-refractivity contribution in [1.29, 1.82) is 0 Å². The minimum Gasteiger partial charge on any atom is -0.476 e. The number of carboxylic acid groups (broad SMARTS) is 1. The second-order valence-electron chi connectivity index (χ2n) is 3.59. The summed E-state index contributed by atoms with van der Waals surface area (Å²) < 4.78 is 1.81.